The number of nitrogens with two attached hydrogens (primary N) is 1. The summed E-state index contributed by atoms with van der Waals surface area (Å²) < 4.78 is 11.8. The van der Waals surface area contributed by atoms with Crippen molar-refractivity contribution in [3.63, 3.8) is 0 Å². The molecular weight excluding hydrogens is 194 g/mol. The molecule has 0 aliphatic heterocycles. The molecule has 1 rings (SSSR count). The molecule has 2 N–H and O–H groups in total. The van der Waals surface area contributed by atoms with E-state index in [2.05, 4.69) is 6.92 Å². The molecule has 2 nitrogen and oxygen atoms in total. The molecule has 84 valence electrons. The lowest BCUT2D eigenvalue weighted by atomic mass is 9.96. The minimum Gasteiger partial charge on any atom is -0.328 e. The fourth-order valence-corrected chi connectivity index (χ4v) is 3.63. The first-order valence-electron chi connectivity index (χ1n) is 5.86. The monoisotopic (exact) mass is 217 g/mol. The smallest absolute Gasteiger partial charge is 0.0349 e. The molecule has 0 saturated heterocycles. The molecule has 3 heteroatoms. The fourth-order valence-electron chi connectivity index (χ4n) is 2.01. The predicted molar refractivity (Wildman–Crippen MR) is 62.8 cm³/mol. The largest absolute Gasteiger partial charge is 0.328 e. The highest BCUT2D eigenvalue weighted by atomic mass is 32.2. The van der Waals surface area contributed by atoms with Crippen molar-refractivity contribution < 1.29 is 4.21 Å². The normalized spacial score (nSPS) is 30.1. The van der Waals surface area contributed by atoms with E-state index in [9.17, 15) is 4.21 Å². The first-order chi connectivity index (χ1) is 6.74. The Morgan fingerprint density at radius 1 is 1.21 bits per heavy atom. The molecule has 1 aliphatic rings. The molecule has 14 heavy (non-hydrogen) atoms. The van der Waals surface area contributed by atoms with E-state index in [1.165, 1.54) is 12.8 Å². The van der Waals surface area contributed by atoms with E-state index in [1.807, 2.05) is 0 Å². The van der Waals surface area contributed by atoms with Gasteiger partial charge in [0, 0.05) is 27.8 Å². The van der Waals surface area contributed by atoms with Gasteiger partial charge in [-0.2, -0.15) is 0 Å². The van der Waals surface area contributed by atoms with Gasteiger partial charge in [-0.1, -0.05) is 19.8 Å². The predicted octanol–water partition coefficient (Wildman–Crippen LogP) is 2.20. The third-order valence-electron chi connectivity index (χ3n) is 3.04. The molecule has 0 amide bonds. The van der Waals surface area contributed by atoms with Crippen molar-refractivity contribution in [2.45, 2.75) is 63.2 Å². The topological polar surface area (TPSA) is 43.1 Å². The highest BCUT2D eigenvalue weighted by molar-refractivity contribution is 7.85. The third kappa shape index (κ3) is 4.09. The van der Waals surface area contributed by atoms with E-state index < -0.39 is 10.8 Å². The Labute approximate surface area is 90.1 Å². The van der Waals surface area contributed by atoms with Gasteiger partial charge in [0.05, 0.1) is 0 Å². The Bertz CT molecular complexity index is 176. The van der Waals surface area contributed by atoms with Crippen LogP contribution in [0.3, 0.4) is 0 Å². The molecule has 0 radical (unpaired) electrons. The Morgan fingerprint density at radius 3 is 2.43 bits per heavy atom. The van der Waals surface area contributed by atoms with Crippen LogP contribution in [0.4, 0.5) is 0 Å². The van der Waals surface area contributed by atoms with Crippen molar-refractivity contribution in [3.05, 3.63) is 0 Å². The highest BCUT2D eigenvalue weighted by Gasteiger charge is 2.22. The molecule has 0 aromatic heterocycles. The van der Waals surface area contributed by atoms with Crippen LogP contribution in [0.15, 0.2) is 0 Å². The van der Waals surface area contributed by atoms with Gasteiger partial charge in [-0.3, -0.25) is 4.21 Å². The zero-order valence-electron chi connectivity index (χ0n) is 9.21. The second-order valence-electron chi connectivity index (χ2n) is 4.33. The van der Waals surface area contributed by atoms with Gasteiger partial charge in [0.25, 0.3) is 0 Å². The van der Waals surface area contributed by atoms with Crippen LogP contribution in [-0.4, -0.2) is 21.3 Å². The second kappa shape index (κ2) is 6.57. The molecule has 0 spiro atoms. The molecule has 0 heterocycles. The van der Waals surface area contributed by atoms with Crippen LogP contribution in [0, 0.1) is 0 Å². The number of unbranched alkanes of at least 4 members (excludes halogenated alkanes) is 2. The summed E-state index contributed by atoms with van der Waals surface area (Å²) in [6.45, 7) is 2.18. The Balaban J connectivity index is 2.17. The highest BCUT2D eigenvalue weighted by Crippen LogP contribution is 2.22. The SMILES string of the molecule is CCCCCS(=O)C1CCC(N)CC1. The van der Waals surface area contributed by atoms with Crippen molar-refractivity contribution in [2.75, 3.05) is 5.75 Å². The van der Waals surface area contributed by atoms with Crippen LogP contribution in [0.25, 0.3) is 0 Å². The molecule has 1 fully saturated rings. The molecule has 0 bridgehead atoms. The maximum atomic E-state index is 11.8. The second-order valence-corrected chi connectivity index (χ2v) is 6.17. The maximum absolute atomic E-state index is 11.8. The molecule has 1 saturated carbocycles. The van der Waals surface area contributed by atoms with E-state index in [-0.39, 0.29) is 0 Å². The van der Waals surface area contributed by atoms with Crippen molar-refractivity contribution in [3.8, 4) is 0 Å². The maximum Gasteiger partial charge on any atom is 0.0349 e. The lowest BCUT2D eigenvalue weighted by Crippen LogP contribution is -2.31. The summed E-state index contributed by atoms with van der Waals surface area (Å²) >= 11 is 0. The van der Waals surface area contributed by atoms with Crippen molar-refractivity contribution >= 4 is 10.8 Å². The van der Waals surface area contributed by atoms with Gasteiger partial charge in [-0.25, -0.2) is 0 Å². The number of hydrogen-bond donors (Lipinski definition) is 1. The lowest BCUT2D eigenvalue weighted by Gasteiger charge is -2.25. The van der Waals surface area contributed by atoms with Crippen LogP contribution in [0.2, 0.25) is 0 Å². The third-order valence-corrected chi connectivity index (χ3v) is 4.95. The van der Waals surface area contributed by atoms with E-state index in [0.717, 1.165) is 37.9 Å². The first-order valence-corrected chi connectivity index (χ1v) is 7.25. The van der Waals surface area contributed by atoms with E-state index >= 15 is 0 Å². The average Bonchev–Trinajstić information content (AvgIpc) is 2.19. The fraction of sp³-hybridized carbons (Fsp3) is 1.00. The van der Waals surface area contributed by atoms with E-state index in [1.54, 1.807) is 0 Å². The van der Waals surface area contributed by atoms with Crippen LogP contribution in [0.5, 0.6) is 0 Å². The Hall–Kier alpha value is 0.110. The van der Waals surface area contributed by atoms with Crippen molar-refractivity contribution in [1.29, 1.82) is 0 Å². The minimum atomic E-state index is -0.578. The van der Waals surface area contributed by atoms with Crippen LogP contribution in [0.1, 0.15) is 51.9 Å². The minimum absolute atomic E-state index is 0.374. The zero-order valence-corrected chi connectivity index (χ0v) is 10.0. The van der Waals surface area contributed by atoms with Gasteiger partial charge in [0.2, 0.25) is 0 Å². The summed E-state index contributed by atoms with van der Waals surface area (Å²) in [6, 6.07) is 0.374. The zero-order chi connectivity index (χ0) is 10.4. The molecular formula is C11H23NOS. The number of hydrogen-bond acceptors (Lipinski definition) is 2. The van der Waals surface area contributed by atoms with E-state index in [4.69, 9.17) is 5.73 Å². The van der Waals surface area contributed by atoms with Gasteiger partial charge in [-0.05, 0) is 32.1 Å². The van der Waals surface area contributed by atoms with Crippen LogP contribution in [-0.2, 0) is 10.8 Å². The summed E-state index contributed by atoms with van der Waals surface area (Å²) in [4.78, 5) is 0. The van der Waals surface area contributed by atoms with Crippen LogP contribution >= 0.6 is 0 Å². The average molecular weight is 217 g/mol. The van der Waals surface area contributed by atoms with Gasteiger partial charge < -0.3 is 5.73 Å². The molecule has 1 atom stereocenters. The summed E-state index contributed by atoms with van der Waals surface area (Å²) in [5.41, 5.74) is 5.82. The van der Waals surface area contributed by atoms with Crippen molar-refractivity contribution in [2.24, 2.45) is 5.73 Å². The molecule has 0 aromatic rings. The van der Waals surface area contributed by atoms with Crippen molar-refractivity contribution in [1.82, 2.24) is 0 Å². The van der Waals surface area contributed by atoms with Gasteiger partial charge >= 0.3 is 0 Å². The number of rotatable bonds is 5. The Morgan fingerprint density at radius 2 is 1.86 bits per heavy atom. The quantitative estimate of drug-likeness (QED) is 0.717. The van der Waals surface area contributed by atoms with Gasteiger partial charge in [-0.15, -0.1) is 0 Å². The van der Waals surface area contributed by atoms with Gasteiger partial charge in [0.15, 0.2) is 0 Å². The molecule has 1 aliphatic carbocycles. The summed E-state index contributed by atoms with van der Waals surface area (Å²) in [5, 5.41) is 0.451. The van der Waals surface area contributed by atoms with E-state index in [0.29, 0.717) is 11.3 Å². The molecule has 0 aromatic carbocycles. The summed E-state index contributed by atoms with van der Waals surface area (Å²) in [5.74, 6) is 0.910. The van der Waals surface area contributed by atoms with Crippen LogP contribution < -0.4 is 5.73 Å². The summed E-state index contributed by atoms with van der Waals surface area (Å²) in [7, 11) is -0.578. The molecule has 1 unspecified atom stereocenters. The van der Waals surface area contributed by atoms with Gasteiger partial charge in [0.1, 0.15) is 0 Å². The first kappa shape index (κ1) is 12.2. The summed E-state index contributed by atoms with van der Waals surface area (Å²) in [6.07, 6.45) is 7.88. The standard InChI is InChI=1S/C11H23NOS/c1-2-3-4-9-14(13)11-7-5-10(12)6-8-11/h10-11H,2-9,12H2,1H3. The lowest BCUT2D eigenvalue weighted by molar-refractivity contribution is 0.444. The Kier molecular flexibility index (Phi) is 5.71.